The Balaban J connectivity index is 0.000000810. The van der Waals surface area contributed by atoms with Gasteiger partial charge in [0.2, 0.25) is 0 Å². The highest BCUT2D eigenvalue weighted by molar-refractivity contribution is 5.71. The molecule has 0 spiro atoms. The maximum Gasteiger partial charge on any atom is 0.314 e. The van der Waals surface area contributed by atoms with Crippen LogP contribution in [0.25, 0.3) is 0 Å². The van der Waals surface area contributed by atoms with Crippen molar-refractivity contribution >= 4 is 6.03 Å². The van der Waals surface area contributed by atoms with Crippen molar-refractivity contribution in [1.82, 2.24) is 4.90 Å². The van der Waals surface area contributed by atoms with E-state index < -0.39 is 0 Å². The average molecular weight is 132 g/mol. The predicted molar refractivity (Wildman–Crippen MR) is 34.1 cm³/mol. The molecule has 0 bridgehead atoms. The molecular formula is C5H12N2O2. The van der Waals surface area contributed by atoms with Crippen molar-refractivity contribution in [3.05, 3.63) is 0 Å². The van der Waals surface area contributed by atoms with Gasteiger partial charge in [0, 0.05) is 14.5 Å². The van der Waals surface area contributed by atoms with E-state index in [0.717, 1.165) is 0 Å². The van der Waals surface area contributed by atoms with Gasteiger partial charge in [-0.3, -0.25) is 0 Å². The van der Waals surface area contributed by atoms with Gasteiger partial charge in [0.1, 0.15) is 0 Å². The van der Waals surface area contributed by atoms with Crippen LogP contribution in [0.5, 0.6) is 0 Å². The van der Waals surface area contributed by atoms with Gasteiger partial charge >= 0.3 is 6.03 Å². The number of amides is 2. The summed E-state index contributed by atoms with van der Waals surface area (Å²) in [6.45, 7) is 2.50. The molecule has 1 heterocycles. The van der Waals surface area contributed by atoms with Crippen LogP contribution in [-0.4, -0.2) is 37.2 Å². The van der Waals surface area contributed by atoms with E-state index in [9.17, 15) is 4.79 Å². The van der Waals surface area contributed by atoms with Gasteiger partial charge in [0.15, 0.2) is 0 Å². The van der Waals surface area contributed by atoms with E-state index in [-0.39, 0.29) is 7.46 Å². The topological polar surface area (TPSA) is 55.6 Å². The number of carbonyl (C=O) groups is 1. The normalized spacial score (nSPS) is 19.8. The number of morpholine rings is 1. The second-order valence-electron chi connectivity index (χ2n) is 1.94. The van der Waals surface area contributed by atoms with Crippen molar-refractivity contribution in [2.75, 3.05) is 26.3 Å². The first kappa shape index (κ1) is 6.35. The lowest BCUT2D eigenvalue weighted by atomic mass is 10.4. The minimum atomic E-state index is -0.349. The van der Waals surface area contributed by atoms with Gasteiger partial charge in [-0.2, -0.15) is 0 Å². The van der Waals surface area contributed by atoms with Crippen LogP contribution in [0.3, 0.4) is 0 Å². The highest BCUT2D eigenvalue weighted by Gasteiger charge is 2.12. The van der Waals surface area contributed by atoms with Crippen LogP contribution >= 0.6 is 0 Å². The molecular weight excluding hydrogens is 120 g/mol. The maximum atomic E-state index is 10.4. The molecule has 0 aromatic heterocycles. The summed E-state index contributed by atoms with van der Waals surface area (Å²) in [4.78, 5) is 12.0. The fourth-order valence-electron chi connectivity index (χ4n) is 0.784. The van der Waals surface area contributed by atoms with E-state index in [1.165, 1.54) is 0 Å². The minimum Gasteiger partial charge on any atom is -0.378 e. The molecule has 9 heavy (non-hydrogen) atoms. The second-order valence-corrected chi connectivity index (χ2v) is 1.94. The zero-order valence-corrected chi connectivity index (χ0v) is 5.17. The Hall–Kier alpha value is -0.770. The van der Waals surface area contributed by atoms with E-state index in [2.05, 4.69) is 0 Å². The number of ether oxygens (including phenoxy) is 1. The summed E-state index contributed by atoms with van der Waals surface area (Å²) >= 11 is 0. The molecule has 54 valence electrons. The largest absolute Gasteiger partial charge is 0.378 e. The molecule has 1 fully saturated rings. The van der Waals surface area contributed by atoms with E-state index in [0.29, 0.717) is 26.3 Å². The summed E-state index contributed by atoms with van der Waals surface area (Å²) in [5.41, 5.74) is 5.00. The van der Waals surface area contributed by atoms with Crippen molar-refractivity contribution < 1.29 is 11.0 Å². The van der Waals surface area contributed by atoms with E-state index in [1.807, 2.05) is 0 Å². The zero-order valence-electron chi connectivity index (χ0n) is 5.17. The van der Waals surface area contributed by atoms with Crippen LogP contribution in [0.15, 0.2) is 0 Å². The number of hydrogen-bond acceptors (Lipinski definition) is 2. The van der Waals surface area contributed by atoms with Gasteiger partial charge in [-0.05, 0) is 0 Å². The van der Waals surface area contributed by atoms with Crippen LogP contribution in [0, 0.1) is 0 Å². The lowest BCUT2D eigenvalue weighted by Crippen LogP contribution is -2.43. The summed E-state index contributed by atoms with van der Waals surface area (Å²) in [6, 6.07) is -0.349. The number of carbonyl (C=O) groups excluding carboxylic acids is 1. The fourth-order valence-corrected chi connectivity index (χ4v) is 0.784. The van der Waals surface area contributed by atoms with Crippen molar-refractivity contribution in [3.63, 3.8) is 0 Å². The van der Waals surface area contributed by atoms with Gasteiger partial charge in [-0.25, -0.2) is 4.79 Å². The van der Waals surface area contributed by atoms with Gasteiger partial charge in [-0.1, -0.05) is 0 Å². The highest BCUT2D eigenvalue weighted by atomic mass is 16.5. The van der Waals surface area contributed by atoms with Gasteiger partial charge < -0.3 is 15.4 Å². The quantitative estimate of drug-likeness (QED) is 0.489. The molecule has 1 aliphatic heterocycles. The van der Waals surface area contributed by atoms with Gasteiger partial charge in [0.05, 0.1) is 13.2 Å². The molecule has 0 saturated carbocycles. The Bertz CT molecular complexity index is 114. The van der Waals surface area contributed by atoms with Crippen molar-refractivity contribution in [2.24, 2.45) is 5.73 Å². The minimum absolute atomic E-state index is 0. The Kier molecular flexibility index (Phi) is 1.89. The van der Waals surface area contributed by atoms with Crippen LogP contribution in [-0.2, 0) is 4.74 Å². The number of urea groups is 1. The number of rotatable bonds is 0. The lowest BCUT2D eigenvalue weighted by Gasteiger charge is -2.24. The molecule has 4 heteroatoms. The number of primary amides is 1. The van der Waals surface area contributed by atoms with Crippen LogP contribution in [0.2, 0.25) is 0 Å². The first-order valence-electron chi connectivity index (χ1n) is 2.93. The summed E-state index contributed by atoms with van der Waals surface area (Å²) in [5.74, 6) is 0. The molecule has 2 N–H and O–H groups in total. The highest BCUT2D eigenvalue weighted by Crippen LogP contribution is 1.94. The van der Waals surface area contributed by atoms with E-state index >= 15 is 0 Å². The van der Waals surface area contributed by atoms with E-state index in [1.54, 1.807) is 4.90 Å². The molecule has 0 aliphatic carbocycles. The van der Waals surface area contributed by atoms with Gasteiger partial charge in [-0.15, -0.1) is 0 Å². The van der Waals surface area contributed by atoms with Crippen LogP contribution in [0.1, 0.15) is 1.43 Å². The smallest absolute Gasteiger partial charge is 0.314 e. The predicted octanol–water partition coefficient (Wildman–Crippen LogP) is -0.357. The molecule has 0 aromatic carbocycles. The second kappa shape index (κ2) is 2.68. The summed E-state index contributed by atoms with van der Waals surface area (Å²) < 4.78 is 5.00. The molecule has 0 radical (unpaired) electrons. The molecule has 1 aliphatic rings. The standard InChI is InChI=1S/C5H10N2O2.H2/c6-5(8)7-1-3-9-4-2-7;/h1-4H2,(H2,6,8);1H. The molecule has 0 atom stereocenters. The molecule has 1 rings (SSSR count). The number of hydrogen-bond donors (Lipinski definition) is 1. The van der Waals surface area contributed by atoms with Crippen LogP contribution in [0.4, 0.5) is 4.79 Å². The van der Waals surface area contributed by atoms with Crippen LogP contribution < -0.4 is 5.73 Å². The summed E-state index contributed by atoms with van der Waals surface area (Å²) in [7, 11) is 0. The monoisotopic (exact) mass is 132 g/mol. The number of nitrogens with zero attached hydrogens (tertiary/aromatic N) is 1. The maximum absolute atomic E-state index is 10.4. The van der Waals surface area contributed by atoms with Crippen molar-refractivity contribution in [3.8, 4) is 0 Å². The molecule has 1 saturated heterocycles. The molecule has 4 nitrogen and oxygen atoms in total. The molecule has 0 aromatic rings. The molecule has 0 unspecified atom stereocenters. The third-order valence-corrected chi connectivity index (χ3v) is 1.32. The fraction of sp³-hybridized carbons (Fsp3) is 0.800. The Labute approximate surface area is 55.1 Å². The first-order chi connectivity index (χ1) is 4.30. The van der Waals surface area contributed by atoms with Crippen molar-refractivity contribution in [2.45, 2.75) is 0 Å². The van der Waals surface area contributed by atoms with Gasteiger partial charge in [0.25, 0.3) is 0 Å². The summed E-state index contributed by atoms with van der Waals surface area (Å²) in [6.07, 6.45) is 0. The Morgan fingerprint density at radius 3 is 2.44 bits per heavy atom. The number of nitrogens with two attached hydrogens (primary N) is 1. The average Bonchev–Trinajstić information content (AvgIpc) is 1.90. The first-order valence-corrected chi connectivity index (χ1v) is 2.93. The zero-order chi connectivity index (χ0) is 6.69. The Morgan fingerprint density at radius 2 is 2.11 bits per heavy atom. The third kappa shape index (κ3) is 1.57. The summed E-state index contributed by atoms with van der Waals surface area (Å²) in [5, 5.41) is 0. The van der Waals surface area contributed by atoms with E-state index in [4.69, 9.17) is 10.5 Å². The molecule has 2 amide bonds. The van der Waals surface area contributed by atoms with Crippen molar-refractivity contribution in [1.29, 1.82) is 0 Å². The lowest BCUT2D eigenvalue weighted by molar-refractivity contribution is 0.0554. The Morgan fingerprint density at radius 1 is 1.56 bits per heavy atom. The SMILES string of the molecule is NC(=O)N1CCOCC1.[HH]. The third-order valence-electron chi connectivity index (χ3n) is 1.32.